The summed E-state index contributed by atoms with van der Waals surface area (Å²) in [6.07, 6.45) is 1.67. The molecule has 2 aliphatic heterocycles. The molecule has 0 radical (unpaired) electrons. The number of carbonyl (C=O) groups is 2. The van der Waals surface area contributed by atoms with Gasteiger partial charge in [-0.25, -0.2) is 9.97 Å². The molecule has 4 heterocycles. The number of aromatic nitrogens is 2. The minimum Gasteiger partial charge on any atom is -0.375 e. The number of anilines is 1. The summed E-state index contributed by atoms with van der Waals surface area (Å²) in [5, 5.41) is 3.18. The van der Waals surface area contributed by atoms with Crippen LogP contribution in [0.25, 0.3) is 21.8 Å². The van der Waals surface area contributed by atoms with E-state index in [4.69, 9.17) is 27.1 Å². The first kappa shape index (κ1) is 21.8. The monoisotopic (exact) mass is 483 g/mol. The summed E-state index contributed by atoms with van der Waals surface area (Å²) in [6.45, 7) is 3.23. The van der Waals surface area contributed by atoms with E-state index in [0.717, 1.165) is 43.1 Å². The molecule has 2 fully saturated rings. The van der Waals surface area contributed by atoms with E-state index in [0.29, 0.717) is 15.6 Å². The van der Waals surface area contributed by atoms with Crippen molar-refractivity contribution in [3.05, 3.63) is 52.6 Å². The Hall–Kier alpha value is -3.01. The number of ether oxygens (including phenoxy) is 1. The topological polar surface area (TPSA) is 102 Å². The molecule has 170 valence electrons. The number of carbonyl (C=O) groups excluding carboxylic acids is 2. The van der Waals surface area contributed by atoms with Crippen molar-refractivity contribution in [2.45, 2.75) is 0 Å². The minimum absolute atomic E-state index is 0.0226. The first-order valence-electron chi connectivity index (χ1n) is 10.4. The normalized spacial score (nSPS) is 16.4. The Morgan fingerprint density at radius 2 is 1.97 bits per heavy atom. The van der Waals surface area contributed by atoms with E-state index >= 15 is 0 Å². The van der Waals surface area contributed by atoms with Crippen molar-refractivity contribution >= 4 is 40.4 Å². The van der Waals surface area contributed by atoms with Crippen molar-refractivity contribution in [3.8, 4) is 21.8 Å². The Morgan fingerprint density at radius 3 is 2.67 bits per heavy atom. The van der Waals surface area contributed by atoms with Gasteiger partial charge in [0.25, 0.3) is 5.91 Å². The van der Waals surface area contributed by atoms with E-state index in [1.54, 1.807) is 6.20 Å². The van der Waals surface area contributed by atoms with Crippen LogP contribution in [0.2, 0.25) is 5.02 Å². The maximum absolute atomic E-state index is 12.1. The second kappa shape index (κ2) is 8.40. The molecule has 0 aliphatic carbocycles. The first-order chi connectivity index (χ1) is 15.9. The lowest BCUT2D eigenvalue weighted by atomic mass is 9.72. The van der Waals surface area contributed by atoms with Gasteiger partial charge in [0.15, 0.2) is 0 Å². The number of pyridine rings is 1. The van der Waals surface area contributed by atoms with Gasteiger partial charge in [-0.2, -0.15) is 0 Å². The molecule has 0 unspecified atom stereocenters. The van der Waals surface area contributed by atoms with Gasteiger partial charge in [0.2, 0.25) is 5.91 Å². The Bertz CT molecular complexity index is 1230. The number of halogens is 1. The molecule has 8 nitrogen and oxygen atoms in total. The Labute approximate surface area is 199 Å². The van der Waals surface area contributed by atoms with Crippen molar-refractivity contribution in [3.63, 3.8) is 0 Å². The largest absolute Gasteiger partial charge is 0.375 e. The van der Waals surface area contributed by atoms with Crippen molar-refractivity contribution in [2.24, 2.45) is 11.1 Å². The van der Waals surface area contributed by atoms with Crippen LogP contribution >= 0.6 is 22.9 Å². The summed E-state index contributed by atoms with van der Waals surface area (Å²) in [5.41, 5.74) is 8.98. The quantitative estimate of drug-likeness (QED) is 0.578. The summed E-state index contributed by atoms with van der Waals surface area (Å²) in [6, 6.07) is 9.41. The third kappa shape index (κ3) is 3.96. The SMILES string of the molecule is COCC(=O)N1CC2(C1)CN(c1cnc(C(N)=O)c(-c3nc(-c4ccccc4Cl)cs3)c1)C2. The Balaban J connectivity index is 1.36. The second-order valence-electron chi connectivity index (χ2n) is 8.51. The van der Waals surface area contributed by atoms with Gasteiger partial charge >= 0.3 is 0 Å². The van der Waals surface area contributed by atoms with Crippen LogP contribution in [-0.2, 0) is 9.53 Å². The average Bonchev–Trinajstić information content (AvgIpc) is 3.22. The van der Waals surface area contributed by atoms with Crippen LogP contribution in [0.5, 0.6) is 0 Å². The summed E-state index contributed by atoms with van der Waals surface area (Å²) in [7, 11) is 1.53. The predicted molar refractivity (Wildman–Crippen MR) is 127 cm³/mol. The van der Waals surface area contributed by atoms with Crippen LogP contribution in [0.1, 0.15) is 10.5 Å². The number of hydrogen-bond donors (Lipinski definition) is 1. The molecule has 0 saturated carbocycles. The maximum Gasteiger partial charge on any atom is 0.268 e. The zero-order valence-corrected chi connectivity index (χ0v) is 19.5. The number of benzene rings is 1. The van der Waals surface area contributed by atoms with Gasteiger partial charge in [0.05, 0.1) is 17.6 Å². The standard InChI is InChI=1S/C23H22ClN5O3S/c1-32-8-19(30)29-12-23(13-29)10-28(11-23)14-6-16(20(21(25)31)26-7-14)22-27-18(9-33-22)15-4-2-3-5-17(15)24/h2-7,9H,8,10-13H2,1H3,(H2,25,31). The van der Waals surface area contributed by atoms with Crippen molar-refractivity contribution in [1.29, 1.82) is 0 Å². The lowest BCUT2D eigenvalue weighted by molar-refractivity contribution is -0.149. The van der Waals surface area contributed by atoms with Crippen molar-refractivity contribution in [2.75, 3.05) is 44.8 Å². The molecule has 2 amide bonds. The Kier molecular flexibility index (Phi) is 5.55. The van der Waals surface area contributed by atoms with Gasteiger partial charge in [-0.05, 0) is 12.1 Å². The number of nitrogens with two attached hydrogens (primary N) is 1. The van der Waals surface area contributed by atoms with Crippen LogP contribution in [0.15, 0.2) is 41.9 Å². The highest BCUT2D eigenvalue weighted by atomic mass is 35.5. The van der Waals surface area contributed by atoms with Crippen LogP contribution in [0.4, 0.5) is 5.69 Å². The van der Waals surface area contributed by atoms with E-state index in [9.17, 15) is 9.59 Å². The smallest absolute Gasteiger partial charge is 0.268 e. The molecular formula is C23H22ClN5O3S. The third-order valence-electron chi connectivity index (χ3n) is 6.08. The van der Waals surface area contributed by atoms with E-state index in [1.807, 2.05) is 40.6 Å². The van der Waals surface area contributed by atoms with Gasteiger partial charge in [-0.3, -0.25) is 9.59 Å². The lowest BCUT2D eigenvalue weighted by Crippen LogP contribution is -2.73. The highest BCUT2D eigenvalue weighted by Crippen LogP contribution is 2.43. The van der Waals surface area contributed by atoms with Gasteiger partial charge < -0.3 is 20.3 Å². The molecule has 1 aromatic carbocycles. The summed E-state index contributed by atoms with van der Waals surface area (Å²) in [5.74, 6) is -0.577. The molecule has 33 heavy (non-hydrogen) atoms. The summed E-state index contributed by atoms with van der Waals surface area (Å²) in [4.78, 5) is 37.1. The van der Waals surface area contributed by atoms with E-state index in [-0.39, 0.29) is 23.6 Å². The lowest BCUT2D eigenvalue weighted by Gasteiger charge is -2.60. The molecule has 2 N–H and O–H groups in total. The molecule has 2 aromatic heterocycles. The fourth-order valence-electron chi connectivity index (χ4n) is 4.48. The summed E-state index contributed by atoms with van der Waals surface area (Å²) >= 11 is 7.74. The number of thiazole rings is 1. The number of hydrogen-bond acceptors (Lipinski definition) is 7. The highest BCUT2D eigenvalue weighted by molar-refractivity contribution is 7.13. The number of amides is 2. The van der Waals surface area contributed by atoms with E-state index in [2.05, 4.69) is 9.88 Å². The molecule has 2 saturated heterocycles. The van der Waals surface area contributed by atoms with Crippen LogP contribution in [-0.4, -0.2) is 66.6 Å². The number of primary amides is 1. The molecule has 2 aliphatic rings. The molecular weight excluding hydrogens is 462 g/mol. The zero-order chi connectivity index (χ0) is 23.2. The molecule has 10 heteroatoms. The molecule has 5 rings (SSSR count). The van der Waals surface area contributed by atoms with Crippen LogP contribution in [0.3, 0.4) is 0 Å². The summed E-state index contributed by atoms with van der Waals surface area (Å²) < 4.78 is 4.93. The molecule has 1 spiro atoms. The average molecular weight is 484 g/mol. The van der Waals surface area contributed by atoms with Gasteiger partial charge in [-0.15, -0.1) is 11.3 Å². The van der Waals surface area contributed by atoms with Crippen LogP contribution in [0, 0.1) is 5.41 Å². The fraction of sp³-hybridized carbons (Fsp3) is 0.304. The third-order valence-corrected chi connectivity index (χ3v) is 7.29. The molecule has 0 atom stereocenters. The molecule has 0 bridgehead atoms. The van der Waals surface area contributed by atoms with E-state index < -0.39 is 5.91 Å². The number of methoxy groups -OCH3 is 1. The van der Waals surface area contributed by atoms with E-state index in [1.165, 1.54) is 18.4 Å². The molecule has 3 aromatic rings. The first-order valence-corrected chi connectivity index (χ1v) is 11.7. The number of nitrogens with zero attached hydrogens (tertiary/aromatic N) is 4. The van der Waals surface area contributed by atoms with Crippen molar-refractivity contribution < 1.29 is 14.3 Å². The zero-order valence-electron chi connectivity index (χ0n) is 18.0. The number of likely N-dealkylation sites (tertiary alicyclic amines) is 1. The Morgan fingerprint density at radius 1 is 1.21 bits per heavy atom. The van der Waals surface area contributed by atoms with Crippen LogP contribution < -0.4 is 10.6 Å². The van der Waals surface area contributed by atoms with Gasteiger partial charge in [0.1, 0.15) is 17.3 Å². The predicted octanol–water partition coefficient (Wildman–Crippen LogP) is 2.92. The maximum atomic E-state index is 12.1. The van der Waals surface area contributed by atoms with Gasteiger partial charge in [-0.1, -0.05) is 29.8 Å². The van der Waals surface area contributed by atoms with Crippen molar-refractivity contribution in [1.82, 2.24) is 14.9 Å². The number of rotatable bonds is 6. The highest BCUT2D eigenvalue weighted by Gasteiger charge is 2.53. The van der Waals surface area contributed by atoms with Gasteiger partial charge in [0, 0.05) is 60.2 Å². The minimum atomic E-state index is -0.600. The second-order valence-corrected chi connectivity index (χ2v) is 9.78. The fourth-order valence-corrected chi connectivity index (χ4v) is 5.55.